The largest absolute Gasteiger partial charge is 0.455 e. The molecule has 9 rings (SSSR count). The summed E-state index contributed by atoms with van der Waals surface area (Å²) in [6, 6.07) is 66.8. The van der Waals surface area contributed by atoms with Gasteiger partial charge in [-0.2, -0.15) is 0 Å². The Hall–Kier alpha value is -6.38. The maximum atomic E-state index is 6.53. The number of hydrogen-bond acceptors (Lipinski definition) is 2. The van der Waals surface area contributed by atoms with Crippen molar-refractivity contribution in [1.29, 1.82) is 0 Å². The molecule has 8 aromatic carbocycles. The van der Waals surface area contributed by atoms with E-state index in [2.05, 4.69) is 193 Å². The molecule has 2 nitrogen and oxygen atoms in total. The molecule has 0 saturated carbocycles. The Balaban J connectivity index is 1.11. The molecular formula is C46H31NO. The Labute approximate surface area is 279 Å². The second-order valence-corrected chi connectivity index (χ2v) is 12.2. The second-order valence-electron chi connectivity index (χ2n) is 12.2. The monoisotopic (exact) mass is 613 g/mol. The van der Waals surface area contributed by atoms with E-state index in [0.29, 0.717) is 0 Å². The van der Waals surface area contributed by atoms with Gasteiger partial charge in [-0.05, 0) is 93.4 Å². The highest BCUT2D eigenvalue weighted by atomic mass is 16.3. The summed E-state index contributed by atoms with van der Waals surface area (Å²) in [6.07, 6.45) is 0. The fourth-order valence-corrected chi connectivity index (χ4v) is 6.90. The highest BCUT2D eigenvalue weighted by Crippen LogP contribution is 2.41. The first kappa shape index (κ1) is 27.9. The van der Waals surface area contributed by atoms with Gasteiger partial charge in [0.2, 0.25) is 0 Å². The fourth-order valence-electron chi connectivity index (χ4n) is 6.90. The molecule has 0 amide bonds. The second kappa shape index (κ2) is 11.8. The van der Waals surface area contributed by atoms with Gasteiger partial charge in [-0.1, -0.05) is 133 Å². The maximum absolute atomic E-state index is 6.53. The molecule has 0 aliphatic rings. The van der Waals surface area contributed by atoms with E-state index in [1.165, 1.54) is 27.6 Å². The number of furan rings is 1. The molecule has 1 aromatic heterocycles. The summed E-state index contributed by atoms with van der Waals surface area (Å²) in [5.74, 6) is 0. The van der Waals surface area contributed by atoms with Gasteiger partial charge in [0, 0.05) is 33.2 Å². The van der Waals surface area contributed by atoms with E-state index < -0.39 is 0 Å². The normalized spacial score (nSPS) is 11.3. The smallest absolute Gasteiger partial charge is 0.143 e. The summed E-state index contributed by atoms with van der Waals surface area (Å²) in [5.41, 5.74) is 12.3. The summed E-state index contributed by atoms with van der Waals surface area (Å²) in [7, 11) is 0. The van der Waals surface area contributed by atoms with Crippen LogP contribution in [0.3, 0.4) is 0 Å². The van der Waals surface area contributed by atoms with E-state index >= 15 is 0 Å². The lowest BCUT2D eigenvalue weighted by Crippen LogP contribution is -2.09. The van der Waals surface area contributed by atoms with Gasteiger partial charge in [-0.25, -0.2) is 0 Å². The molecule has 0 aliphatic carbocycles. The molecule has 0 N–H and O–H groups in total. The third-order valence-corrected chi connectivity index (χ3v) is 9.27. The van der Waals surface area contributed by atoms with Crippen molar-refractivity contribution in [2.24, 2.45) is 0 Å². The highest BCUT2D eigenvalue weighted by molar-refractivity contribution is 6.19. The Morgan fingerprint density at radius 2 is 0.792 bits per heavy atom. The minimum Gasteiger partial charge on any atom is -0.455 e. The van der Waals surface area contributed by atoms with E-state index in [0.717, 1.165) is 55.5 Å². The number of hydrogen-bond donors (Lipinski definition) is 0. The van der Waals surface area contributed by atoms with Crippen LogP contribution in [0.5, 0.6) is 0 Å². The lowest BCUT2D eigenvalue weighted by molar-refractivity contribution is 0.673. The van der Waals surface area contributed by atoms with Crippen molar-refractivity contribution in [3.63, 3.8) is 0 Å². The van der Waals surface area contributed by atoms with Gasteiger partial charge in [0.05, 0.1) is 0 Å². The minimum absolute atomic E-state index is 0.898. The molecule has 0 fully saturated rings. The average molecular weight is 614 g/mol. The highest BCUT2D eigenvalue weighted by Gasteiger charge is 2.16. The molecule has 0 bridgehead atoms. The quantitative estimate of drug-likeness (QED) is 0.185. The van der Waals surface area contributed by atoms with Crippen LogP contribution in [-0.2, 0) is 0 Å². The van der Waals surface area contributed by atoms with E-state index in [4.69, 9.17) is 4.42 Å². The molecule has 0 spiro atoms. The zero-order chi connectivity index (χ0) is 31.9. The van der Waals surface area contributed by atoms with Crippen LogP contribution >= 0.6 is 0 Å². The van der Waals surface area contributed by atoms with Crippen LogP contribution in [-0.4, -0.2) is 0 Å². The van der Waals surface area contributed by atoms with Crippen molar-refractivity contribution < 1.29 is 4.42 Å². The minimum atomic E-state index is 0.898. The van der Waals surface area contributed by atoms with Crippen molar-refractivity contribution in [2.45, 2.75) is 0 Å². The van der Waals surface area contributed by atoms with Gasteiger partial charge < -0.3 is 9.32 Å². The average Bonchev–Trinajstić information content (AvgIpc) is 3.54. The number of fused-ring (bicyclic) bond motifs is 5. The molecular weight excluding hydrogens is 583 g/mol. The van der Waals surface area contributed by atoms with Gasteiger partial charge in [0.25, 0.3) is 0 Å². The zero-order valence-corrected chi connectivity index (χ0v) is 26.3. The number of rotatable bonds is 6. The first-order chi connectivity index (χ1) is 23.8. The summed E-state index contributed by atoms with van der Waals surface area (Å²) in [6.45, 7) is 0. The van der Waals surface area contributed by atoms with Crippen LogP contribution in [0.1, 0.15) is 0 Å². The van der Waals surface area contributed by atoms with Crippen molar-refractivity contribution >= 4 is 49.8 Å². The molecule has 2 heteroatoms. The van der Waals surface area contributed by atoms with Crippen LogP contribution < -0.4 is 4.90 Å². The van der Waals surface area contributed by atoms with Crippen LogP contribution in [0.2, 0.25) is 0 Å². The first-order valence-electron chi connectivity index (χ1n) is 16.3. The van der Waals surface area contributed by atoms with Crippen LogP contribution in [0.15, 0.2) is 192 Å². The van der Waals surface area contributed by atoms with Gasteiger partial charge >= 0.3 is 0 Å². The summed E-state index contributed by atoms with van der Waals surface area (Å²) in [5, 5.41) is 4.59. The third-order valence-electron chi connectivity index (χ3n) is 9.27. The van der Waals surface area contributed by atoms with Crippen LogP contribution in [0, 0.1) is 0 Å². The summed E-state index contributed by atoms with van der Waals surface area (Å²) >= 11 is 0. The Morgan fingerprint density at radius 1 is 0.312 bits per heavy atom. The molecule has 9 aromatic rings. The summed E-state index contributed by atoms with van der Waals surface area (Å²) in [4.78, 5) is 2.31. The molecule has 0 aliphatic heterocycles. The van der Waals surface area contributed by atoms with Crippen molar-refractivity contribution in [3.05, 3.63) is 188 Å². The van der Waals surface area contributed by atoms with Crippen molar-refractivity contribution in [3.8, 4) is 33.4 Å². The number of nitrogens with zero attached hydrogens (tertiary/aromatic N) is 1. The lowest BCUT2D eigenvalue weighted by Gasteiger charge is -2.26. The Bertz CT molecular complexity index is 2520. The molecule has 0 unspecified atom stereocenters. The summed E-state index contributed by atoms with van der Waals surface area (Å²) < 4.78 is 6.53. The zero-order valence-electron chi connectivity index (χ0n) is 26.3. The van der Waals surface area contributed by atoms with Gasteiger partial charge in [0.1, 0.15) is 11.2 Å². The molecule has 0 atom stereocenters. The van der Waals surface area contributed by atoms with E-state index in [1.807, 2.05) is 0 Å². The van der Waals surface area contributed by atoms with Gasteiger partial charge in [-0.3, -0.25) is 0 Å². The number of para-hydroxylation sites is 1. The van der Waals surface area contributed by atoms with Gasteiger partial charge in [-0.15, -0.1) is 0 Å². The molecule has 48 heavy (non-hydrogen) atoms. The number of anilines is 3. The lowest BCUT2D eigenvalue weighted by atomic mass is 9.95. The standard InChI is InChI=1S/C46H31NO/c1-4-12-32(13-5-1)33-20-25-38(26-21-33)47(37-16-8-3-9-17-37)39-27-22-34(23-28-39)36-24-29-45-43(30-36)44-31-42(35-14-6-2-7-15-35)40-18-10-11-19-41(40)46(44)48-45/h1-31H. The predicted octanol–water partition coefficient (Wildman–Crippen LogP) is 13.2. The Kier molecular flexibility index (Phi) is 6.84. The molecule has 0 radical (unpaired) electrons. The van der Waals surface area contributed by atoms with Crippen molar-refractivity contribution in [2.75, 3.05) is 4.90 Å². The first-order valence-corrected chi connectivity index (χ1v) is 16.3. The maximum Gasteiger partial charge on any atom is 0.143 e. The fraction of sp³-hybridized carbons (Fsp3) is 0. The SMILES string of the molecule is c1ccc(-c2ccc(N(c3ccccc3)c3ccc(-c4ccc5oc6c7ccccc7c(-c7ccccc7)cc6c5c4)cc3)cc2)cc1. The van der Waals surface area contributed by atoms with E-state index in [1.54, 1.807) is 0 Å². The molecule has 1 heterocycles. The molecule has 226 valence electrons. The third kappa shape index (κ3) is 4.92. The van der Waals surface area contributed by atoms with Crippen molar-refractivity contribution in [1.82, 2.24) is 0 Å². The topological polar surface area (TPSA) is 16.4 Å². The van der Waals surface area contributed by atoms with Crippen LogP contribution in [0.25, 0.3) is 66.1 Å². The molecule has 0 saturated heterocycles. The van der Waals surface area contributed by atoms with E-state index in [9.17, 15) is 0 Å². The van der Waals surface area contributed by atoms with Crippen LogP contribution in [0.4, 0.5) is 17.1 Å². The predicted molar refractivity (Wildman–Crippen MR) is 202 cm³/mol. The van der Waals surface area contributed by atoms with E-state index in [-0.39, 0.29) is 0 Å². The number of benzene rings is 8. The Morgan fingerprint density at radius 3 is 1.44 bits per heavy atom. The van der Waals surface area contributed by atoms with Gasteiger partial charge in [0.15, 0.2) is 0 Å².